The first-order valence-electron chi connectivity index (χ1n) is 7.80. The highest BCUT2D eigenvalue weighted by Crippen LogP contribution is 2.30. The largest absolute Gasteiger partial charge is 0.486 e. The fraction of sp³-hybridized carbons (Fsp3) is 0.176. The van der Waals surface area contributed by atoms with E-state index < -0.39 is 0 Å². The third-order valence-electron chi connectivity index (χ3n) is 3.74. The fourth-order valence-electron chi connectivity index (χ4n) is 2.57. The third kappa shape index (κ3) is 3.42. The highest BCUT2D eigenvalue weighted by atomic mass is 16.6. The molecule has 126 valence electrons. The molecule has 1 amide bonds. The van der Waals surface area contributed by atoms with Crippen molar-refractivity contribution in [3.05, 3.63) is 54.4 Å². The maximum atomic E-state index is 12.2. The number of carbonyl (C=O) groups is 1. The zero-order chi connectivity index (χ0) is 17.1. The molecule has 1 aromatic heterocycles. The van der Waals surface area contributed by atoms with Crippen LogP contribution in [0.4, 0.5) is 5.69 Å². The average molecular weight is 337 g/mol. The number of hydrogen-bond donors (Lipinski definition) is 1. The topological polar surface area (TPSA) is 91.2 Å². The van der Waals surface area contributed by atoms with Gasteiger partial charge in [-0.3, -0.25) is 4.79 Å². The molecule has 0 fully saturated rings. The second-order valence-corrected chi connectivity index (χ2v) is 5.50. The minimum Gasteiger partial charge on any atom is -0.486 e. The van der Waals surface area contributed by atoms with Crippen LogP contribution in [-0.4, -0.2) is 39.3 Å². The molecule has 0 atom stereocenters. The lowest BCUT2D eigenvalue weighted by atomic mass is 10.1. The van der Waals surface area contributed by atoms with Gasteiger partial charge in [0.1, 0.15) is 19.5 Å². The van der Waals surface area contributed by atoms with E-state index in [1.54, 1.807) is 16.8 Å². The Morgan fingerprint density at radius 2 is 1.88 bits per heavy atom. The van der Waals surface area contributed by atoms with Gasteiger partial charge >= 0.3 is 0 Å². The minimum atomic E-state index is -0.105. The molecule has 4 rings (SSSR count). The van der Waals surface area contributed by atoms with Crippen LogP contribution in [-0.2, 0) is 11.2 Å². The Morgan fingerprint density at radius 3 is 2.64 bits per heavy atom. The van der Waals surface area contributed by atoms with Crippen molar-refractivity contribution in [3.63, 3.8) is 0 Å². The van der Waals surface area contributed by atoms with E-state index in [9.17, 15) is 4.79 Å². The Morgan fingerprint density at radius 1 is 1.08 bits per heavy atom. The normalized spacial score (nSPS) is 12.6. The summed E-state index contributed by atoms with van der Waals surface area (Å²) in [6.45, 7) is 1.07. The van der Waals surface area contributed by atoms with E-state index in [4.69, 9.17) is 9.47 Å². The highest BCUT2D eigenvalue weighted by molar-refractivity contribution is 5.92. The van der Waals surface area contributed by atoms with Gasteiger partial charge in [0.05, 0.1) is 12.1 Å². The number of tetrazole rings is 1. The summed E-state index contributed by atoms with van der Waals surface area (Å²) in [5.41, 5.74) is 2.39. The summed E-state index contributed by atoms with van der Waals surface area (Å²) in [5.74, 6) is 1.29. The van der Waals surface area contributed by atoms with Crippen LogP contribution in [0.25, 0.3) is 5.69 Å². The van der Waals surface area contributed by atoms with Gasteiger partial charge in [-0.25, -0.2) is 4.68 Å². The van der Waals surface area contributed by atoms with Crippen molar-refractivity contribution < 1.29 is 14.3 Å². The van der Waals surface area contributed by atoms with Gasteiger partial charge in [-0.1, -0.05) is 6.07 Å². The Labute approximate surface area is 143 Å². The molecule has 0 bridgehead atoms. The summed E-state index contributed by atoms with van der Waals surface area (Å²) in [5, 5.41) is 13.9. The summed E-state index contributed by atoms with van der Waals surface area (Å²) in [6.07, 6.45) is 1.76. The lowest BCUT2D eigenvalue weighted by molar-refractivity contribution is -0.115. The van der Waals surface area contributed by atoms with Crippen molar-refractivity contribution in [1.29, 1.82) is 0 Å². The van der Waals surface area contributed by atoms with Gasteiger partial charge in [-0.05, 0) is 52.4 Å². The predicted octanol–water partition coefficient (Wildman–Crippen LogP) is 1.61. The Hall–Kier alpha value is -3.42. The van der Waals surface area contributed by atoms with Crippen LogP contribution in [0.3, 0.4) is 0 Å². The number of benzene rings is 2. The fourth-order valence-corrected chi connectivity index (χ4v) is 2.57. The smallest absolute Gasteiger partial charge is 0.228 e. The monoisotopic (exact) mass is 337 g/mol. The van der Waals surface area contributed by atoms with E-state index in [-0.39, 0.29) is 12.3 Å². The summed E-state index contributed by atoms with van der Waals surface area (Å²) in [4.78, 5) is 12.2. The van der Waals surface area contributed by atoms with Crippen molar-refractivity contribution in [2.75, 3.05) is 18.5 Å². The zero-order valence-electron chi connectivity index (χ0n) is 13.3. The third-order valence-corrected chi connectivity index (χ3v) is 3.74. The molecule has 8 heteroatoms. The first-order chi connectivity index (χ1) is 12.3. The number of amides is 1. The number of hydrogen-bond acceptors (Lipinski definition) is 6. The molecule has 8 nitrogen and oxygen atoms in total. The molecule has 2 aromatic carbocycles. The van der Waals surface area contributed by atoms with Crippen LogP contribution in [0.15, 0.2) is 48.8 Å². The van der Waals surface area contributed by atoms with E-state index in [2.05, 4.69) is 20.8 Å². The Kier molecular flexibility index (Phi) is 3.99. The summed E-state index contributed by atoms with van der Waals surface area (Å²) in [6, 6.07) is 12.8. The quantitative estimate of drug-likeness (QED) is 0.778. The zero-order valence-corrected chi connectivity index (χ0v) is 13.3. The minimum absolute atomic E-state index is 0.105. The van der Waals surface area contributed by atoms with E-state index in [1.165, 1.54) is 6.33 Å². The van der Waals surface area contributed by atoms with Gasteiger partial charge in [0.25, 0.3) is 0 Å². The number of rotatable bonds is 4. The van der Waals surface area contributed by atoms with Crippen LogP contribution in [0.5, 0.6) is 11.5 Å². The van der Waals surface area contributed by atoms with Gasteiger partial charge in [0.15, 0.2) is 11.5 Å². The van der Waals surface area contributed by atoms with Crippen molar-refractivity contribution in [1.82, 2.24) is 20.2 Å². The van der Waals surface area contributed by atoms with E-state index in [0.29, 0.717) is 30.4 Å². The lowest BCUT2D eigenvalue weighted by Gasteiger charge is -2.18. The number of nitrogens with zero attached hydrogens (tertiary/aromatic N) is 4. The molecular weight excluding hydrogens is 322 g/mol. The average Bonchev–Trinajstić information content (AvgIpc) is 3.17. The molecule has 1 aliphatic rings. The van der Waals surface area contributed by atoms with E-state index in [0.717, 1.165) is 11.3 Å². The van der Waals surface area contributed by atoms with Gasteiger partial charge in [-0.2, -0.15) is 0 Å². The Balaban J connectivity index is 1.40. The van der Waals surface area contributed by atoms with Crippen LogP contribution in [0, 0.1) is 0 Å². The van der Waals surface area contributed by atoms with Gasteiger partial charge < -0.3 is 14.8 Å². The van der Waals surface area contributed by atoms with Crippen LogP contribution in [0.2, 0.25) is 0 Å². The van der Waals surface area contributed by atoms with Crippen LogP contribution < -0.4 is 14.8 Å². The van der Waals surface area contributed by atoms with Crippen LogP contribution >= 0.6 is 0 Å². The first kappa shape index (κ1) is 15.1. The number of anilines is 1. The van der Waals surface area contributed by atoms with E-state index >= 15 is 0 Å². The molecule has 3 aromatic rings. The molecule has 1 N–H and O–H groups in total. The summed E-state index contributed by atoms with van der Waals surface area (Å²) in [7, 11) is 0. The second kappa shape index (κ2) is 6.60. The molecule has 0 spiro atoms. The molecule has 25 heavy (non-hydrogen) atoms. The van der Waals surface area contributed by atoms with Gasteiger partial charge in [-0.15, -0.1) is 5.10 Å². The molecular formula is C17H15N5O3. The summed E-state index contributed by atoms with van der Waals surface area (Å²) >= 11 is 0. The Bertz CT molecular complexity index is 878. The van der Waals surface area contributed by atoms with Gasteiger partial charge in [0.2, 0.25) is 5.91 Å². The van der Waals surface area contributed by atoms with E-state index in [1.807, 2.05) is 30.3 Å². The molecule has 1 aliphatic heterocycles. The van der Waals surface area contributed by atoms with Gasteiger partial charge in [0, 0.05) is 5.69 Å². The SMILES string of the molecule is O=C(Cc1ccc2c(c1)OCCO2)Nc1ccc(-n2cnnn2)cc1. The summed E-state index contributed by atoms with van der Waals surface area (Å²) < 4.78 is 12.6. The number of nitrogens with one attached hydrogen (secondary N) is 1. The predicted molar refractivity (Wildman–Crippen MR) is 88.9 cm³/mol. The molecule has 0 saturated carbocycles. The second-order valence-electron chi connectivity index (χ2n) is 5.50. The van der Waals surface area contributed by atoms with Crippen molar-refractivity contribution in [2.45, 2.75) is 6.42 Å². The first-order valence-corrected chi connectivity index (χ1v) is 7.80. The maximum Gasteiger partial charge on any atom is 0.228 e. The number of carbonyl (C=O) groups excluding carboxylic acids is 1. The molecule has 2 heterocycles. The molecule has 0 radical (unpaired) electrons. The van der Waals surface area contributed by atoms with Crippen molar-refractivity contribution >= 4 is 11.6 Å². The molecule has 0 aliphatic carbocycles. The lowest BCUT2D eigenvalue weighted by Crippen LogP contribution is -2.17. The number of aromatic nitrogens is 4. The van der Waals surface area contributed by atoms with Crippen LogP contribution in [0.1, 0.15) is 5.56 Å². The highest BCUT2D eigenvalue weighted by Gasteiger charge is 2.13. The van der Waals surface area contributed by atoms with Crippen molar-refractivity contribution in [2.24, 2.45) is 0 Å². The molecule has 0 unspecified atom stereocenters. The number of fused-ring (bicyclic) bond motifs is 1. The van der Waals surface area contributed by atoms with Crippen molar-refractivity contribution in [3.8, 4) is 17.2 Å². The number of ether oxygens (including phenoxy) is 2. The molecule has 0 saturated heterocycles. The maximum absolute atomic E-state index is 12.2. The standard InChI is InChI=1S/C17H15N5O3/c23-17(10-12-1-6-15-16(9-12)25-8-7-24-15)19-13-2-4-14(5-3-13)22-11-18-20-21-22/h1-6,9,11H,7-8,10H2,(H,19,23).